The predicted octanol–water partition coefficient (Wildman–Crippen LogP) is 0.922. The third-order valence-electron chi connectivity index (χ3n) is 2.10. The third-order valence-corrected chi connectivity index (χ3v) is 2.10. The van der Waals surface area contributed by atoms with Crippen molar-refractivity contribution in [2.24, 2.45) is 5.92 Å². The number of hydrogen-bond acceptors (Lipinski definition) is 1. The van der Waals surface area contributed by atoms with E-state index in [2.05, 4.69) is 5.32 Å². The Kier molecular flexibility index (Phi) is 0.680. The van der Waals surface area contributed by atoms with Crippen LogP contribution in [-0.2, 0) is 0 Å². The maximum Gasteiger partial charge on any atom is 0.0395 e. The minimum absolute atomic E-state index is 1.000. The second kappa shape index (κ2) is 1.22. The van der Waals surface area contributed by atoms with Crippen LogP contribution < -0.4 is 5.32 Å². The second-order valence-electron chi connectivity index (χ2n) is 2.48. The van der Waals surface area contributed by atoms with Crippen molar-refractivity contribution in [1.82, 2.24) is 5.32 Å². The average molecular weight is 96.2 g/mol. The predicted molar refractivity (Wildman–Crippen MR) is 28.6 cm³/mol. The molecule has 7 heavy (non-hydrogen) atoms. The maximum absolute atomic E-state index is 3.37. The Hall–Kier alpha value is -0.0400. The summed E-state index contributed by atoms with van der Waals surface area (Å²) in [5, 5.41) is 3.37. The molecule has 0 spiro atoms. The number of nitrogens with one attached hydrogen (secondary N) is 1. The minimum atomic E-state index is 1.000. The largest absolute Gasteiger partial charge is 0.309 e. The summed E-state index contributed by atoms with van der Waals surface area (Å²) < 4.78 is 0. The highest BCUT2D eigenvalue weighted by Crippen LogP contribution is 2.39. The van der Waals surface area contributed by atoms with E-state index in [1.165, 1.54) is 25.8 Å². The summed E-state index contributed by atoms with van der Waals surface area (Å²) >= 11 is 0. The Balaban J connectivity index is 2.03. The Labute approximate surface area is 44.1 Å². The number of rotatable bonds is 0. The topological polar surface area (TPSA) is 12.0 Å². The minimum Gasteiger partial charge on any atom is -0.309 e. The van der Waals surface area contributed by atoms with E-state index < -0.39 is 0 Å². The van der Waals surface area contributed by atoms with Crippen molar-refractivity contribution in [3.05, 3.63) is 6.04 Å². The molecule has 1 nitrogen and oxygen atoms in total. The monoisotopic (exact) mass is 96.1 g/mol. The molecule has 1 heterocycles. The first-order valence-corrected chi connectivity index (χ1v) is 3.06. The van der Waals surface area contributed by atoms with Gasteiger partial charge in [-0.25, -0.2) is 0 Å². The molecule has 2 rings (SSSR count). The lowest BCUT2D eigenvalue weighted by Gasteiger charge is -2.28. The Bertz CT molecular complexity index is 70.2. The van der Waals surface area contributed by atoms with Crippen LogP contribution in [0.5, 0.6) is 0 Å². The van der Waals surface area contributed by atoms with Gasteiger partial charge in [0.15, 0.2) is 0 Å². The molecule has 2 aliphatic rings. The first kappa shape index (κ1) is 3.90. The summed E-state index contributed by atoms with van der Waals surface area (Å²) in [6.45, 7) is 1.25. The molecule has 1 atom stereocenters. The van der Waals surface area contributed by atoms with E-state index in [0.717, 1.165) is 5.92 Å². The number of hydrogen-bond donors (Lipinski definition) is 1. The molecule has 1 unspecified atom stereocenters. The third kappa shape index (κ3) is 0.418. The maximum atomic E-state index is 3.37. The molecule has 0 aromatic heterocycles. The normalized spacial score (nSPS) is 40.3. The van der Waals surface area contributed by atoms with Gasteiger partial charge in [-0.05, 0) is 31.7 Å². The average Bonchev–Trinajstić information content (AvgIpc) is 1.85. The van der Waals surface area contributed by atoms with E-state index in [1.807, 2.05) is 0 Å². The van der Waals surface area contributed by atoms with Crippen LogP contribution in [0.4, 0.5) is 0 Å². The highest BCUT2D eigenvalue weighted by atomic mass is 15.0. The molecule has 0 aromatic carbocycles. The zero-order chi connectivity index (χ0) is 4.69. The molecule has 0 aromatic rings. The van der Waals surface area contributed by atoms with Gasteiger partial charge >= 0.3 is 0 Å². The molecule has 1 N–H and O–H groups in total. The number of fused-ring (bicyclic) bond motifs is 1. The van der Waals surface area contributed by atoms with Crippen molar-refractivity contribution >= 4 is 0 Å². The summed E-state index contributed by atoms with van der Waals surface area (Å²) in [7, 11) is 0. The summed E-state index contributed by atoms with van der Waals surface area (Å²) in [5.41, 5.74) is 0. The SMILES string of the molecule is C1CC2CC[C]2N1. The summed E-state index contributed by atoms with van der Waals surface area (Å²) in [5.74, 6) is 1.000. The fraction of sp³-hybridized carbons (Fsp3) is 0.833. The van der Waals surface area contributed by atoms with Crippen molar-refractivity contribution in [2.45, 2.75) is 19.3 Å². The molecule has 1 aliphatic carbocycles. The first-order chi connectivity index (χ1) is 3.47. The molecule has 1 saturated heterocycles. The molecular weight excluding hydrogens is 86.1 g/mol. The first-order valence-electron chi connectivity index (χ1n) is 3.06. The van der Waals surface area contributed by atoms with Gasteiger partial charge < -0.3 is 5.32 Å². The molecule has 1 saturated carbocycles. The van der Waals surface area contributed by atoms with Crippen LogP contribution in [0, 0.1) is 12.0 Å². The van der Waals surface area contributed by atoms with Crippen molar-refractivity contribution in [1.29, 1.82) is 0 Å². The summed E-state index contributed by atoms with van der Waals surface area (Å²) in [4.78, 5) is 0. The van der Waals surface area contributed by atoms with Crippen LogP contribution >= 0.6 is 0 Å². The zero-order valence-corrected chi connectivity index (χ0v) is 4.41. The lowest BCUT2D eigenvalue weighted by atomic mass is 9.81. The van der Waals surface area contributed by atoms with Gasteiger partial charge in [-0.15, -0.1) is 0 Å². The van der Waals surface area contributed by atoms with Gasteiger partial charge in [0.05, 0.1) is 0 Å². The molecular formula is C6H10N. The summed E-state index contributed by atoms with van der Waals surface area (Å²) in [6.07, 6.45) is 4.24. The van der Waals surface area contributed by atoms with Crippen LogP contribution in [0.1, 0.15) is 19.3 Å². The van der Waals surface area contributed by atoms with Gasteiger partial charge in [0.25, 0.3) is 0 Å². The van der Waals surface area contributed by atoms with E-state index >= 15 is 0 Å². The van der Waals surface area contributed by atoms with Gasteiger partial charge in [-0.2, -0.15) is 0 Å². The standard InChI is InChI=1S/C6H10N/c1-2-6-5(1)3-4-7-6/h5,7H,1-4H2. The molecule has 1 aliphatic heterocycles. The van der Waals surface area contributed by atoms with Gasteiger partial charge in [-0.3, -0.25) is 0 Å². The van der Waals surface area contributed by atoms with Gasteiger partial charge in [0.2, 0.25) is 0 Å². The van der Waals surface area contributed by atoms with E-state index in [1.54, 1.807) is 6.04 Å². The van der Waals surface area contributed by atoms with Crippen molar-refractivity contribution in [3.8, 4) is 0 Å². The van der Waals surface area contributed by atoms with E-state index in [0.29, 0.717) is 0 Å². The highest BCUT2D eigenvalue weighted by Gasteiger charge is 2.34. The molecule has 39 valence electrons. The quantitative estimate of drug-likeness (QED) is 0.473. The van der Waals surface area contributed by atoms with Crippen molar-refractivity contribution in [3.63, 3.8) is 0 Å². The van der Waals surface area contributed by atoms with Crippen LogP contribution in [0.2, 0.25) is 0 Å². The van der Waals surface area contributed by atoms with Crippen molar-refractivity contribution < 1.29 is 0 Å². The van der Waals surface area contributed by atoms with E-state index in [9.17, 15) is 0 Å². The second-order valence-corrected chi connectivity index (χ2v) is 2.48. The van der Waals surface area contributed by atoms with Gasteiger partial charge in [0, 0.05) is 6.04 Å². The Morgan fingerprint density at radius 2 is 2.43 bits per heavy atom. The van der Waals surface area contributed by atoms with Crippen LogP contribution in [0.15, 0.2) is 0 Å². The van der Waals surface area contributed by atoms with Crippen LogP contribution in [0.25, 0.3) is 0 Å². The molecule has 2 fully saturated rings. The molecule has 1 radical (unpaired) electrons. The zero-order valence-electron chi connectivity index (χ0n) is 4.41. The van der Waals surface area contributed by atoms with Crippen LogP contribution in [-0.4, -0.2) is 6.54 Å². The lowest BCUT2D eigenvalue weighted by Crippen LogP contribution is -2.25. The van der Waals surface area contributed by atoms with Gasteiger partial charge in [-0.1, -0.05) is 0 Å². The van der Waals surface area contributed by atoms with Crippen molar-refractivity contribution in [2.75, 3.05) is 6.54 Å². The van der Waals surface area contributed by atoms with Crippen LogP contribution in [0.3, 0.4) is 0 Å². The summed E-state index contributed by atoms with van der Waals surface area (Å²) in [6, 6.07) is 1.64. The Morgan fingerprint density at radius 1 is 1.43 bits per heavy atom. The molecule has 1 heteroatoms. The molecule has 0 amide bonds. The van der Waals surface area contributed by atoms with E-state index in [-0.39, 0.29) is 0 Å². The Morgan fingerprint density at radius 3 is 2.71 bits per heavy atom. The lowest BCUT2D eigenvalue weighted by molar-refractivity contribution is 0.382. The fourth-order valence-electron chi connectivity index (χ4n) is 1.45. The smallest absolute Gasteiger partial charge is 0.0395 e. The van der Waals surface area contributed by atoms with Gasteiger partial charge in [0.1, 0.15) is 0 Å². The highest BCUT2D eigenvalue weighted by molar-refractivity contribution is 5.07. The molecule has 0 bridgehead atoms. The van der Waals surface area contributed by atoms with E-state index in [4.69, 9.17) is 0 Å². The fourth-order valence-corrected chi connectivity index (χ4v) is 1.45.